The molecule has 1 aliphatic heterocycles. The molecular formula is C18H25N3O2S2. The molecule has 136 valence electrons. The van der Waals surface area contributed by atoms with Crippen molar-refractivity contribution in [3.63, 3.8) is 0 Å². The van der Waals surface area contributed by atoms with Crippen LogP contribution in [0, 0.1) is 0 Å². The Kier molecular flexibility index (Phi) is 5.99. The summed E-state index contributed by atoms with van der Waals surface area (Å²) >= 11 is 3.19. The van der Waals surface area contributed by atoms with Gasteiger partial charge in [-0.15, -0.1) is 11.3 Å². The average Bonchev–Trinajstić information content (AvgIpc) is 2.96. The van der Waals surface area contributed by atoms with Crippen molar-refractivity contribution in [1.82, 2.24) is 14.8 Å². The van der Waals surface area contributed by atoms with E-state index >= 15 is 0 Å². The van der Waals surface area contributed by atoms with Gasteiger partial charge in [0.25, 0.3) is 0 Å². The van der Waals surface area contributed by atoms with Crippen LogP contribution >= 0.6 is 23.1 Å². The van der Waals surface area contributed by atoms with Gasteiger partial charge in [-0.3, -0.25) is 9.69 Å². The van der Waals surface area contributed by atoms with Gasteiger partial charge in [0, 0.05) is 32.2 Å². The van der Waals surface area contributed by atoms with Crippen LogP contribution in [0.3, 0.4) is 0 Å². The number of aromatic nitrogens is 1. The van der Waals surface area contributed by atoms with Crippen molar-refractivity contribution in [2.75, 3.05) is 26.2 Å². The lowest BCUT2D eigenvalue weighted by molar-refractivity contribution is -0.134. The Balaban J connectivity index is 1.60. The first kappa shape index (κ1) is 18.6. The molecule has 0 bridgehead atoms. The lowest BCUT2D eigenvalue weighted by atomic mass is 10.1. The zero-order valence-corrected chi connectivity index (χ0v) is 16.5. The average molecular weight is 380 g/mol. The molecule has 1 aromatic heterocycles. The Labute approximate surface area is 157 Å². The predicted octanol–water partition coefficient (Wildman–Crippen LogP) is 2.69. The number of aliphatic hydroxyl groups is 1. The molecule has 0 saturated carbocycles. The fourth-order valence-corrected chi connectivity index (χ4v) is 5.52. The van der Waals surface area contributed by atoms with Gasteiger partial charge in [-0.1, -0.05) is 23.9 Å². The number of fused-ring (bicyclic) bond motifs is 1. The minimum absolute atomic E-state index is 0.147. The number of nitrogens with zero attached hydrogens (tertiary/aromatic N) is 3. The van der Waals surface area contributed by atoms with E-state index in [9.17, 15) is 9.90 Å². The molecule has 7 heteroatoms. The van der Waals surface area contributed by atoms with Gasteiger partial charge in [0.15, 0.2) is 4.34 Å². The summed E-state index contributed by atoms with van der Waals surface area (Å²) in [7, 11) is 0. The number of thiazole rings is 1. The van der Waals surface area contributed by atoms with Crippen LogP contribution in [0.1, 0.15) is 20.8 Å². The molecule has 1 amide bonds. The van der Waals surface area contributed by atoms with Gasteiger partial charge in [0.05, 0.1) is 21.6 Å². The number of hydrogen-bond donors (Lipinski definition) is 1. The molecule has 2 heterocycles. The maximum absolute atomic E-state index is 12.9. The number of amides is 1. The molecule has 0 spiro atoms. The number of carbonyl (C=O) groups is 1. The van der Waals surface area contributed by atoms with Gasteiger partial charge in [0.2, 0.25) is 5.91 Å². The zero-order chi connectivity index (χ0) is 18.0. The van der Waals surface area contributed by atoms with Gasteiger partial charge < -0.3 is 10.0 Å². The minimum atomic E-state index is -0.331. The van der Waals surface area contributed by atoms with Crippen LogP contribution in [0.2, 0.25) is 0 Å². The molecule has 3 atom stereocenters. The molecular weight excluding hydrogens is 354 g/mol. The summed E-state index contributed by atoms with van der Waals surface area (Å²) < 4.78 is 2.10. The number of β-amino-alcohol motifs (C(OH)–C–C–N with tert-alkyl or cyclic N) is 1. The van der Waals surface area contributed by atoms with Crippen LogP contribution in [0.15, 0.2) is 28.6 Å². The van der Waals surface area contributed by atoms with E-state index in [4.69, 9.17) is 0 Å². The topological polar surface area (TPSA) is 56.7 Å². The second-order valence-corrected chi connectivity index (χ2v) is 9.32. The Bertz CT molecular complexity index is 701. The summed E-state index contributed by atoms with van der Waals surface area (Å²) in [6.07, 6.45) is -0.331. The second-order valence-electron chi connectivity index (χ2n) is 6.70. The third-order valence-corrected chi connectivity index (χ3v) is 6.63. The number of rotatable bonds is 5. The van der Waals surface area contributed by atoms with Crippen molar-refractivity contribution in [3.05, 3.63) is 24.3 Å². The smallest absolute Gasteiger partial charge is 0.236 e. The Hall–Kier alpha value is -1.15. The summed E-state index contributed by atoms with van der Waals surface area (Å²) in [6, 6.07) is 8.23. The minimum Gasteiger partial charge on any atom is -0.392 e. The van der Waals surface area contributed by atoms with Crippen molar-refractivity contribution in [2.24, 2.45) is 0 Å². The molecule has 1 aliphatic rings. The fraction of sp³-hybridized carbons (Fsp3) is 0.556. The van der Waals surface area contributed by atoms with Crippen LogP contribution in [0.25, 0.3) is 10.2 Å². The molecule has 3 rings (SSSR count). The maximum Gasteiger partial charge on any atom is 0.236 e. The molecule has 1 fully saturated rings. The van der Waals surface area contributed by atoms with Crippen molar-refractivity contribution < 1.29 is 9.90 Å². The Morgan fingerprint density at radius 2 is 2.16 bits per heavy atom. The molecule has 1 saturated heterocycles. The molecule has 3 unspecified atom stereocenters. The van der Waals surface area contributed by atoms with E-state index in [-0.39, 0.29) is 23.3 Å². The normalized spacial score (nSPS) is 21.4. The number of thioether (sulfide) groups is 1. The number of carbonyl (C=O) groups excluding carboxylic acids is 1. The van der Waals surface area contributed by atoms with E-state index in [1.54, 1.807) is 30.0 Å². The van der Waals surface area contributed by atoms with E-state index in [0.29, 0.717) is 6.54 Å². The molecule has 1 aromatic carbocycles. The van der Waals surface area contributed by atoms with Gasteiger partial charge in [-0.05, 0) is 32.9 Å². The van der Waals surface area contributed by atoms with Crippen molar-refractivity contribution in [1.29, 1.82) is 0 Å². The van der Waals surface area contributed by atoms with Crippen LogP contribution in [-0.2, 0) is 4.79 Å². The highest BCUT2D eigenvalue weighted by Crippen LogP contribution is 2.32. The zero-order valence-electron chi connectivity index (χ0n) is 14.9. The Morgan fingerprint density at radius 3 is 2.84 bits per heavy atom. The maximum atomic E-state index is 12.9. The summed E-state index contributed by atoms with van der Waals surface area (Å²) in [5.74, 6) is 0.174. The van der Waals surface area contributed by atoms with E-state index in [1.165, 1.54) is 0 Å². The highest BCUT2D eigenvalue weighted by Gasteiger charge is 2.31. The second kappa shape index (κ2) is 8.03. The molecule has 25 heavy (non-hydrogen) atoms. The third kappa shape index (κ3) is 4.53. The third-order valence-electron chi connectivity index (χ3n) is 4.42. The summed E-state index contributed by atoms with van der Waals surface area (Å²) in [6.45, 7) is 8.88. The fourth-order valence-electron chi connectivity index (χ4n) is 3.24. The molecule has 1 N–H and O–H groups in total. The quantitative estimate of drug-likeness (QED) is 0.810. The number of aliphatic hydroxyl groups excluding tert-OH is 1. The standard InChI is InChI=1S/C18H25N3O2S2/c1-12-10-20(11-13(2)22)8-9-21(12)17(23)14(3)24-18-19-15-6-4-5-7-16(15)25-18/h4-7,12-14,22H,8-11H2,1-3H3. The largest absolute Gasteiger partial charge is 0.392 e. The summed E-state index contributed by atoms with van der Waals surface area (Å²) in [4.78, 5) is 21.7. The molecule has 0 aliphatic carbocycles. The highest BCUT2D eigenvalue weighted by atomic mass is 32.2. The van der Waals surface area contributed by atoms with Gasteiger partial charge in [-0.2, -0.15) is 0 Å². The van der Waals surface area contributed by atoms with Gasteiger partial charge in [-0.25, -0.2) is 4.98 Å². The van der Waals surface area contributed by atoms with Gasteiger partial charge >= 0.3 is 0 Å². The molecule has 5 nitrogen and oxygen atoms in total. The van der Waals surface area contributed by atoms with Crippen LogP contribution < -0.4 is 0 Å². The van der Waals surface area contributed by atoms with Crippen LogP contribution in [0.4, 0.5) is 0 Å². The van der Waals surface area contributed by atoms with Crippen LogP contribution in [-0.4, -0.2) is 69.4 Å². The first-order valence-electron chi connectivity index (χ1n) is 8.67. The summed E-state index contributed by atoms with van der Waals surface area (Å²) in [5, 5.41) is 9.40. The number of piperazine rings is 1. The monoisotopic (exact) mass is 379 g/mol. The van der Waals surface area contributed by atoms with E-state index in [0.717, 1.165) is 34.2 Å². The van der Waals surface area contributed by atoms with E-state index in [2.05, 4.69) is 22.9 Å². The molecule has 2 aromatic rings. The highest BCUT2D eigenvalue weighted by molar-refractivity contribution is 8.02. The molecule has 0 radical (unpaired) electrons. The lowest BCUT2D eigenvalue weighted by Gasteiger charge is -2.41. The number of para-hydroxylation sites is 1. The van der Waals surface area contributed by atoms with Crippen LogP contribution in [0.5, 0.6) is 0 Å². The first-order chi connectivity index (χ1) is 11.9. The van der Waals surface area contributed by atoms with Crippen molar-refractivity contribution in [3.8, 4) is 0 Å². The van der Waals surface area contributed by atoms with Crippen molar-refractivity contribution >= 4 is 39.2 Å². The van der Waals surface area contributed by atoms with Crippen molar-refractivity contribution in [2.45, 2.75) is 42.5 Å². The van der Waals surface area contributed by atoms with E-state index < -0.39 is 0 Å². The summed E-state index contributed by atoms with van der Waals surface area (Å²) in [5.41, 5.74) is 0.995. The first-order valence-corrected chi connectivity index (χ1v) is 10.4. The number of hydrogen-bond acceptors (Lipinski definition) is 6. The number of benzene rings is 1. The van der Waals surface area contributed by atoms with E-state index in [1.807, 2.05) is 30.0 Å². The Morgan fingerprint density at radius 1 is 1.40 bits per heavy atom. The SMILES string of the molecule is CC(O)CN1CCN(C(=O)C(C)Sc2nc3ccccc3s2)C(C)C1. The lowest BCUT2D eigenvalue weighted by Crippen LogP contribution is -2.56. The van der Waals surface area contributed by atoms with Gasteiger partial charge in [0.1, 0.15) is 0 Å². The predicted molar refractivity (Wildman–Crippen MR) is 104 cm³/mol.